The average molecular weight is 515 g/mol. The fraction of sp³-hybridized carbons (Fsp3) is 0.458. The molecule has 2 bridgehead atoms. The second-order valence-electron chi connectivity index (χ2n) is 8.87. The molecular weight excluding hydrogens is 489 g/mol. The van der Waals surface area contributed by atoms with Gasteiger partial charge in [-0.1, -0.05) is 23.2 Å². The zero-order valence-corrected chi connectivity index (χ0v) is 19.8. The molecule has 184 valence electrons. The van der Waals surface area contributed by atoms with E-state index in [1.165, 1.54) is 24.3 Å². The van der Waals surface area contributed by atoms with Crippen LogP contribution in [0.1, 0.15) is 25.7 Å². The van der Waals surface area contributed by atoms with Crippen LogP contribution in [0.15, 0.2) is 36.4 Å². The van der Waals surface area contributed by atoms with E-state index in [0.717, 1.165) is 25.3 Å². The maximum Gasteiger partial charge on any atom is 0.258 e. The van der Waals surface area contributed by atoms with Crippen LogP contribution in [0.25, 0.3) is 0 Å². The molecule has 0 radical (unpaired) electrons. The Kier molecular flexibility index (Phi) is 7.82. The number of hydrogen-bond acceptors (Lipinski definition) is 5. The minimum Gasteiger partial charge on any atom is -0.492 e. The third-order valence-electron chi connectivity index (χ3n) is 6.48. The van der Waals surface area contributed by atoms with Crippen molar-refractivity contribution in [3.05, 3.63) is 58.1 Å². The number of benzene rings is 2. The SMILES string of the molecule is O=C(COc1ccc(Cl)c(F)c1)N[C@]12CC[C@H](C1)C(NCCOc1ccc(Cl)c(F)c1)[C@H](O)C2. The van der Waals surface area contributed by atoms with Gasteiger partial charge < -0.3 is 25.2 Å². The number of amides is 1. The van der Waals surface area contributed by atoms with Crippen molar-refractivity contribution < 1.29 is 28.2 Å². The van der Waals surface area contributed by atoms with E-state index in [1.807, 2.05) is 0 Å². The Bertz CT molecular complexity index is 1040. The summed E-state index contributed by atoms with van der Waals surface area (Å²) in [5.41, 5.74) is -0.481. The van der Waals surface area contributed by atoms with Crippen molar-refractivity contribution in [2.75, 3.05) is 19.8 Å². The van der Waals surface area contributed by atoms with Gasteiger partial charge in [0.25, 0.3) is 5.91 Å². The maximum atomic E-state index is 13.5. The van der Waals surface area contributed by atoms with Gasteiger partial charge in [-0.25, -0.2) is 8.78 Å². The van der Waals surface area contributed by atoms with E-state index in [2.05, 4.69) is 10.6 Å². The van der Waals surface area contributed by atoms with Crippen molar-refractivity contribution in [1.82, 2.24) is 10.6 Å². The Balaban J connectivity index is 1.23. The number of carbonyl (C=O) groups excluding carboxylic acids is 1. The Morgan fingerprint density at radius 2 is 1.71 bits per heavy atom. The third kappa shape index (κ3) is 5.92. The molecule has 0 heterocycles. The standard InChI is InChI=1S/C24H26Cl2F2N2O4/c25-17-3-1-15(9-19(17)27)33-8-7-29-23-14-5-6-24(11-14,12-21(23)31)30-22(32)13-34-16-2-4-18(26)20(28)10-16/h1-4,9-10,14,21,23,29,31H,5-8,11-13H2,(H,30,32)/t14-,21-,23?,24-/m1/s1. The van der Waals surface area contributed by atoms with Gasteiger partial charge in [0.15, 0.2) is 6.61 Å². The number of fused-ring (bicyclic) bond motifs is 2. The van der Waals surface area contributed by atoms with Gasteiger partial charge in [0.2, 0.25) is 0 Å². The summed E-state index contributed by atoms with van der Waals surface area (Å²) in [6, 6.07) is 8.15. The maximum absolute atomic E-state index is 13.5. The topological polar surface area (TPSA) is 79.8 Å². The van der Waals surface area contributed by atoms with Crippen molar-refractivity contribution in [1.29, 1.82) is 0 Å². The molecule has 2 aromatic rings. The number of nitrogens with one attached hydrogen (secondary N) is 2. The van der Waals surface area contributed by atoms with E-state index in [1.54, 1.807) is 6.07 Å². The first-order valence-corrected chi connectivity index (χ1v) is 11.9. The first-order valence-electron chi connectivity index (χ1n) is 11.1. The summed E-state index contributed by atoms with van der Waals surface area (Å²) in [6.45, 7) is 0.530. The van der Waals surface area contributed by atoms with Gasteiger partial charge in [0.1, 0.15) is 29.7 Å². The highest BCUT2D eigenvalue weighted by atomic mass is 35.5. The average Bonchev–Trinajstić information content (AvgIpc) is 3.14. The lowest BCUT2D eigenvalue weighted by Crippen LogP contribution is -2.58. The van der Waals surface area contributed by atoms with Gasteiger partial charge in [-0.2, -0.15) is 0 Å². The van der Waals surface area contributed by atoms with Crippen LogP contribution in [0, 0.1) is 17.6 Å². The fourth-order valence-electron chi connectivity index (χ4n) is 4.98. The zero-order valence-electron chi connectivity index (χ0n) is 18.3. The number of aliphatic hydroxyl groups is 1. The Morgan fingerprint density at radius 3 is 2.35 bits per heavy atom. The molecule has 2 aliphatic carbocycles. The number of rotatable bonds is 9. The molecule has 34 heavy (non-hydrogen) atoms. The quantitative estimate of drug-likeness (QED) is 0.439. The van der Waals surface area contributed by atoms with Crippen molar-refractivity contribution in [2.45, 2.75) is 43.4 Å². The number of hydrogen-bond donors (Lipinski definition) is 3. The summed E-state index contributed by atoms with van der Waals surface area (Å²) in [5, 5.41) is 17.2. The second-order valence-corrected chi connectivity index (χ2v) is 9.69. The predicted molar refractivity (Wildman–Crippen MR) is 124 cm³/mol. The third-order valence-corrected chi connectivity index (χ3v) is 7.09. The first-order chi connectivity index (χ1) is 16.2. The van der Waals surface area contributed by atoms with Gasteiger partial charge in [0, 0.05) is 30.3 Å². The van der Waals surface area contributed by atoms with E-state index in [0.29, 0.717) is 25.3 Å². The molecule has 4 rings (SSSR count). The minimum atomic E-state index is -0.638. The largest absolute Gasteiger partial charge is 0.492 e. The lowest BCUT2D eigenvalue weighted by atomic mass is 9.78. The monoisotopic (exact) mass is 514 g/mol. The van der Waals surface area contributed by atoms with Crippen LogP contribution in [-0.4, -0.2) is 48.5 Å². The molecule has 2 aromatic carbocycles. The van der Waals surface area contributed by atoms with Gasteiger partial charge in [-0.3, -0.25) is 4.79 Å². The molecule has 4 atom stereocenters. The molecule has 0 spiro atoms. The highest BCUT2D eigenvalue weighted by molar-refractivity contribution is 6.31. The number of aliphatic hydroxyl groups excluding tert-OH is 1. The summed E-state index contributed by atoms with van der Waals surface area (Å²) in [5.74, 6) is -0.669. The molecule has 2 fully saturated rings. The summed E-state index contributed by atoms with van der Waals surface area (Å²) in [4.78, 5) is 12.5. The highest BCUT2D eigenvalue weighted by Gasteiger charge is 2.50. The molecule has 0 aromatic heterocycles. The molecule has 6 nitrogen and oxygen atoms in total. The second kappa shape index (κ2) is 10.6. The molecule has 2 aliphatic rings. The van der Waals surface area contributed by atoms with E-state index in [4.69, 9.17) is 32.7 Å². The summed E-state index contributed by atoms with van der Waals surface area (Å²) in [7, 11) is 0. The van der Waals surface area contributed by atoms with E-state index in [-0.39, 0.29) is 40.3 Å². The van der Waals surface area contributed by atoms with E-state index < -0.39 is 23.3 Å². The molecule has 0 aliphatic heterocycles. The van der Waals surface area contributed by atoms with Crippen LogP contribution in [-0.2, 0) is 4.79 Å². The lowest BCUT2D eigenvalue weighted by Gasteiger charge is -2.41. The molecule has 10 heteroatoms. The van der Waals surface area contributed by atoms with Crippen molar-refractivity contribution in [2.24, 2.45) is 5.92 Å². The predicted octanol–water partition coefficient (Wildman–Crippen LogP) is 4.11. The Morgan fingerprint density at radius 1 is 1.06 bits per heavy atom. The molecule has 1 unspecified atom stereocenters. The van der Waals surface area contributed by atoms with Crippen LogP contribution in [0.5, 0.6) is 11.5 Å². The van der Waals surface area contributed by atoms with Crippen molar-refractivity contribution in [3.8, 4) is 11.5 Å². The first kappa shape index (κ1) is 25.0. The summed E-state index contributed by atoms with van der Waals surface area (Å²) >= 11 is 11.3. The van der Waals surface area contributed by atoms with E-state index in [9.17, 15) is 18.7 Å². The molecule has 0 saturated heterocycles. The number of halogens is 4. The number of carbonyl (C=O) groups is 1. The minimum absolute atomic E-state index is 0.0162. The summed E-state index contributed by atoms with van der Waals surface area (Å²) < 4.78 is 38.0. The van der Waals surface area contributed by atoms with Gasteiger partial charge in [-0.15, -0.1) is 0 Å². The Hall–Kier alpha value is -2.13. The van der Waals surface area contributed by atoms with Crippen LogP contribution < -0.4 is 20.1 Å². The number of ether oxygens (including phenoxy) is 2. The molecule has 1 amide bonds. The normalized spacial score (nSPS) is 25.7. The van der Waals surface area contributed by atoms with Crippen LogP contribution in [0.3, 0.4) is 0 Å². The van der Waals surface area contributed by atoms with Gasteiger partial charge >= 0.3 is 0 Å². The van der Waals surface area contributed by atoms with Gasteiger partial charge in [0.05, 0.1) is 16.1 Å². The molecule has 3 N–H and O–H groups in total. The lowest BCUT2D eigenvalue weighted by molar-refractivity contribution is -0.126. The van der Waals surface area contributed by atoms with Crippen LogP contribution in [0.2, 0.25) is 10.0 Å². The Labute approximate surface area is 206 Å². The van der Waals surface area contributed by atoms with Gasteiger partial charge in [-0.05, 0) is 55.9 Å². The van der Waals surface area contributed by atoms with Crippen LogP contribution in [0.4, 0.5) is 8.78 Å². The van der Waals surface area contributed by atoms with Crippen molar-refractivity contribution in [3.63, 3.8) is 0 Å². The van der Waals surface area contributed by atoms with Crippen LogP contribution >= 0.6 is 23.2 Å². The highest BCUT2D eigenvalue weighted by Crippen LogP contribution is 2.45. The zero-order chi connectivity index (χ0) is 24.3. The molecule has 2 saturated carbocycles. The fourth-order valence-corrected chi connectivity index (χ4v) is 5.21. The molecular formula is C24H26Cl2F2N2O4. The summed E-state index contributed by atoms with van der Waals surface area (Å²) in [6.07, 6.45) is 2.15. The smallest absolute Gasteiger partial charge is 0.258 e. The van der Waals surface area contributed by atoms with E-state index >= 15 is 0 Å². The van der Waals surface area contributed by atoms with Crippen molar-refractivity contribution >= 4 is 29.1 Å².